The molecule has 0 aliphatic carbocycles. The van der Waals surface area contributed by atoms with Crippen LogP contribution in [0.3, 0.4) is 0 Å². The van der Waals surface area contributed by atoms with E-state index >= 15 is 0 Å². The van der Waals surface area contributed by atoms with Gasteiger partial charge in [0.05, 0.1) is 6.54 Å². The first-order valence-corrected chi connectivity index (χ1v) is 8.84. The van der Waals surface area contributed by atoms with Gasteiger partial charge in [-0.2, -0.15) is 0 Å². The maximum Gasteiger partial charge on any atom is 0.137 e. The Morgan fingerprint density at radius 1 is 0.917 bits per heavy atom. The van der Waals surface area contributed by atoms with Gasteiger partial charge in [-0.3, -0.25) is 0 Å². The van der Waals surface area contributed by atoms with Crippen LogP contribution in [0.15, 0.2) is 54.6 Å². The van der Waals surface area contributed by atoms with Gasteiger partial charge in [0.1, 0.15) is 25.0 Å². The monoisotopic (exact) mass is 328 g/mol. The van der Waals surface area contributed by atoms with Gasteiger partial charge >= 0.3 is 0 Å². The van der Waals surface area contributed by atoms with E-state index in [1.54, 1.807) is 0 Å². The summed E-state index contributed by atoms with van der Waals surface area (Å²) >= 11 is 0. The fourth-order valence-electron chi connectivity index (χ4n) is 2.80. The van der Waals surface area contributed by atoms with Gasteiger partial charge in [0.2, 0.25) is 0 Å². The van der Waals surface area contributed by atoms with E-state index < -0.39 is 6.10 Å². The third-order valence-corrected chi connectivity index (χ3v) is 4.30. The number of ether oxygens (including phenoxy) is 1. The molecule has 3 heteroatoms. The predicted octanol–water partition coefficient (Wildman–Crippen LogP) is 2.92. The van der Waals surface area contributed by atoms with Crippen molar-refractivity contribution in [2.45, 2.75) is 38.7 Å². The molecule has 0 aromatic heterocycles. The highest BCUT2D eigenvalue weighted by atomic mass is 16.5. The van der Waals surface area contributed by atoms with Crippen molar-refractivity contribution in [2.24, 2.45) is 0 Å². The molecule has 2 atom stereocenters. The van der Waals surface area contributed by atoms with Crippen molar-refractivity contribution in [1.29, 1.82) is 0 Å². The minimum absolute atomic E-state index is 0.333. The van der Waals surface area contributed by atoms with E-state index in [1.165, 1.54) is 11.1 Å². The van der Waals surface area contributed by atoms with Crippen LogP contribution in [0.2, 0.25) is 0 Å². The van der Waals surface area contributed by atoms with E-state index in [0.29, 0.717) is 25.0 Å². The van der Waals surface area contributed by atoms with Gasteiger partial charge in [-0.05, 0) is 23.1 Å². The van der Waals surface area contributed by atoms with Gasteiger partial charge in [-0.15, -0.1) is 0 Å². The molecule has 0 heterocycles. The molecule has 24 heavy (non-hydrogen) atoms. The molecule has 0 bridgehead atoms. The molecular formula is C21H30NO2+. The zero-order valence-electron chi connectivity index (χ0n) is 15.0. The number of quaternary nitrogens is 1. The number of hydrogen-bond acceptors (Lipinski definition) is 2. The molecule has 2 aromatic carbocycles. The molecule has 130 valence electrons. The van der Waals surface area contributed by atoms with Crippen molar-refractivity contribution in [2.75, 3.05) is 19.7 Å². The maximum atomic E-state index is 10.2. The SMILES string of the molecule is CC(C)c1ccccc1OC[C@H](O)C[NH2+]C[C@H](C)c1ccccc1. The predicted molar refractivity (Wildman–Crippen MR) is 98.5 cm³/mol. The van der Waals surface area contributed by atoms with Crippen LogP contribution in [0.1, 0.15) is 43.7 Å². The lowest BCUT2D eigenvalue weighted by atomic mass is 10.0. The van der Waals surface area contributed by atoms with Crippen LogP contribution < -0.4 is 10.1 Å². The Hall–Kier alpha value is -1.84. The lowest BCUT2D eigenvalue weighted by Crippen LogP contribution is -2.87. The van der Waals surface area contributed by atoms with Crippen LogP contribution in [0.5, 0.6) is 5.75 Å². The second kappa shape index (κ2) is 9.45. The van der Waals surface area contributed by atoms with Crippen molar-refractivity contribution < 1.29 is 15.2 Å². The summed E-state index contributed by atoms with van der Waals surface area (Å²) in [5, 5.41) is 12.3. The third kappa shape index (κ3) is 5.66. The molecule has 0 amide bonds. The first kappa shape index (κ1) is 18.5. The summed E-state index contributed by atoms with van der Waals surface area (Å²) in [4.78, 5) is 0. The lowest BCUT2D eigenvalue weighted by molar-refractivity contribution is -0.663. The fraction of sp³-hybridized carbons (Fsp3) is 0.429. The smallest absolute Gasteiger partial charge is 0.137 e. The summed E-state index contributed by atoms with van der Waals surface area (Å²) in [5.74, 6) is 1.77. The fourth-order valence-corrected chi connectivity index (χ4v) is 2.80. The molecule has 3 nitrogen and oxygen atoms in total. The second-order valence-electron chi connectivity index (χ2n) is 6.73. The largest absolute Gasteiger partial charge is 0.490 e. The Morgan fingerprint density at radius 3 is 2.29 bits per heavy atom. The van der Waals surface area contributed by atoms with Crippen LogP contribution in [0.4, 0.5) is 0 Å². The van der Waals surface area contributed by atoms with E-state index in [-0.39, 0.29) is 0 Å². The Kier molecular flexibility index (Phi) is 7.29. The quantitative estimate of drug-likeness (QED) is 0.743. The highest BCUT2D eigenvalue weighted by Gasteiger charge is 2.13. The zero-order valence-corrected chi connectivity index (χ0v) is 15.0. The van der Waals surface area contributed by atoms with E-state index in [1.807, 2.05) is 24.3 Å². The van der Waals surface area contributed by atoms with Crippen molar-refractivity contribution in [3.8, 4) is 5.75 Å². The molecular weight excluding hydrogens is 298 g/mol. The summed E-state index contributed by atoms with van der Waals surface area (Å²) < 4.78 is 5.83. The standard InChI is InChI=1S/C21H29NO2/c1-16(2)20-11-7-8-12-21(20)24-15-19(23)14-22-13-17(3)18-9-5-4-6-10-18/h4-12,16-17,19,22-23H,13-15H2,1-3H3/p+1/t17-,19+/m0/s1. The molecule has 0 unspecified atom stereocenters. The van der Waals surface area contributed by atoms with Gasteiger partial charge < -0.3 is 15.2 Å². The van der Waals surface area contributed by atoms with Crippen LogP contribution in [0, 0.1) is 0 Å². The molecule has 0 aliphatic rings. The summed E-state index contributed by atoms with van der Waals surface area (Å²) in [6, 6.07) is 18.5. The van der Waals surface area contributed by atoms with Gasteiger partial charge in [-0.1, -0.05) is 69.3 Å². The number of rotatable bonds is 9. The van der Waals surface area contributed by atoms with Crippen molar-refractivity contribution in [3.05, 3.63) is 65.7 Å². The minimum atomic E-state index is -0.465. The number of hydrogen-bond donors (Lipinski definition) is 2. The van der Waals surface area contributed by atoms with Gasteiger partial charge in [-0.25, -0.2) is 0 Å². The summed E-state index contributed by atoms with van der Waals surface area (Å²) in [7, 11) is 0. The molecule has 0 fully saturated rings. The molecule has 3 N–H and O–H groups in total. The first-order chi connectivity index (χ1) is 11.6. The third-order valence-electron chi connectivity index (χ3n) is 4.30. The number of benzene rings is 2. The van der Waals surface area contributed by atoms with Crippen LogP contribution >= 0.6 is 0 Å². The van der Waals surface area contributed by atoms with Crippen LogP contribution in [-0.2, 0) is 0 Å². The normalized spacial score (nSPS) is 13.7. The van der Waals surface area contributed by atoms with Crippen molar-refractivity contribution >= 4 is 0 Å². The molecule has 2 aromatic rings. The van der Waals surface area contributed by atoms with Gasteiger partial charge in [0.25, 0.3) is 0 Å². The van der Waals surface area contributed by atoms with Crippen molar-refractivity contribution in [1.82, 2.24) is 0 Å². The summed E-state index contributed by atoms with van der Waals surface area (Å²) in [6.07, 6.45) is -0.465. The average molecular weight is 328 g/mol. The molecule has 0 saturated heterocycles. The first-order valence-electron chi connectivity index (χ1n) is 8.84. The summed E-state index contributed by atoms with van der Waals surface area (Å²) in [5.41, 5.74) is 2.52. The van der Waals surface area contributed by atoms with Gasteiger partial charge in [0.15, 0.2) is 0 Å². The topological polar surface area (TPSA) is 46.1 Å². The Labute approximate surface area is 145 Å². The molecule has 0 radical (unpaired) electrons. The molecule has 0 saturated carbocycles. The Bertz CT molecular complexity index is 598. The Balaban J connectivity index is 1.73. The van der Waals surface area contributed by atoms with E-state index in [2.05, 4.69) is 56.4 Å². The van der Waals surface area contributed by atoms with Crippen molar-refractivity contribution in [3.63, 3.8) is 0 Å². The van der Waals surface area contributed by atoms with Crippen LogP contribution in [0.25, 0.3) is 0 Å². The van der Waals surface area contributed by atoms with Gasteiger partial charge in [0, 0.05) is 5.92 Å². The molecule has 0 spiro atoms. The zero-order chi connectivity index (χ0) is 17.4. The number of aliphatic hydroxyl groups is 1. The second-order valence-corrected chi connectivity index (χ2v) is 6.73. The van der Waals surface area contributed by atoms with E-state index in [0.717, 1.165) is 12.3 Å². The highest BCUT2D eigenvalue weighted by molar-refractivity contribution is 5.35. The minimum Gasteiger partial charge on any atom is -0.490 e. The van der Waals surface area contributed by atoms with E-state index in [4.69, 9.17) is 4.74 Å². The Morgan fingerprint density at radius 2 is 1.58 bits per heavy atom. The molecule has 0 aliphatic heterocycles. The lowest BCUT2D eigenvalue weighted by Gasteiger charge is -2.17. The highest BCUT2D eigenvalue weighted by Crippen LogP contribution is 2.25. The average Bonchev–Trinajstić information content (AvgIpc) is 2.60. The summed E-state index contributed by atoms with van der Waals surface area (Å²) in [6.45, 7) is 8.47. The molecule has 2 rings (SSSR count). The van der Waals surface area contributed by atoms with Crippen LogP contribution in [-0.4, -0.2) is 30.9 Å². The maximum absolute atomic E-state index is 10.2. The number of aliphatic hydroxyl groups excluding tert-OH is 1. The van der Waals surface area contributed by atoms with E-state index in [9.17, 15) is 5.11 Å². The number of nitrogens with two attached hydrogens (primary N) is 1. The number of para-hydroxylation sites is 1.